The lowest BCUT2D eigenvalue weighted by Crippen LogP contribution is -1.93. The van der Waals surface area contributed by atoms with E-state index in [0.29, 0.717) is 33.8 Å². The molecule has 9 heteroatoms. The van der Waals surface area contributed by atoms with Crippen LogP contribution in [0.5, 0.6) is 11.5 Å². The highest BCUT2D eigenvalue weighted by atomic mass is 32.2. The summed E-state index contributed by atoms with van der Waals surface area (Å²) in [5.41, 5.74) is 2.18. The van der Waals surface area contributed by atoms with Gasteiger partial charge in [-0.05, 0) is 24.3 Å². The van der Waals surface area contributed by atoms with Gasteiger partial charge in [-0.1, -0.05) is 30.0 Å². The number of methoxy groups -OCH3 is 2. The monoisotopic (exact) mass is 428 g/mol. The Labute approximate surface area is 175 Å². The summed E-state index contributed by atoms with van der Waals surface area (Å²) in [4.78, 5) is 9.06. The number of nitrogens with zero attached hydrogens (tertiary/aromatic N) is 3. The predicted octanol–water partition coefficient (Wildman–Crippen LogP) is 5.04. The van der Waals surface area contributed by atoms with Crippen molar-refractivity contribution < 1.29 is 13.9 Å². The van der Waals surface area contributed by atoms with Crippen molar-refractivity contribution >= 4 is 23.1 Å². The van der Waals surface area contributed by atoms with E-state index < -0.39 is 0 Å². The number of thioether (sulfide) groups is 1. The molecule has 0 saturated heterocycles. The lowest BCUT2D eigenvalue weighted by Gasteiger charge is -2.10. The van der Waals surface area contributed by atoms with Gasteiger partial charge in [-0.2, -0.15) is 0 Å². The second kappa shape index (κ2) is 8.62. The van der Waals surface area contributed by atoms with Gasteiger partial charge in [0, 0.05) is 11.1 Å². The molecule has 0 fully saturated rings. The van der Waals surface area contributed by atoms with Crippen LogP contribution in [0.2, 0.25) is 0 Å². The molecule has 0 saturated carbocycles. The normalized spacial score (nSPS) is 10.9. The zero-order chi connectivity index (χ0) is 20.2. The minimum atomic E-state index is -0.337. The molecule has 0 radical (unpaired) electrons. The SMILES string of the molecule is COc1cccc(-c2nc(CSc3n[nH]c(-c4ccccc4F)n3)cs2)c1OC. The fourth-order valence-electron chi connectivity index (χ4n) is 2.78. The van der Waals surface area contributed by atoms with Gasteiger partial charge in [-0.3, -0.25) is 5.10 Å². The summed E-state index contributed by atoms with van der Waals surface area (Å²) in [7, 11) is 3.22. The Morgan fingerprint density at radius 3 is 2.66 bits per heavy atom. The lowest BCUT2D eigenvalue weighted by atomic mass is 10.2. The molecule has 0 atom stereocenters. The largest absolute Gasteiger partial charge is 0.493 e. The Morgan fingerprint density at radius 2 is 1.86 bits per heavy atom. The van der Waals surface area contributed by atoms with Crippen LogP contribution in [0.1, 0.15) is 5.69 Å². The maximum atomic E-state index is 13.9. The molecule has 0 amide bonds. The zero-order valence-corrected chi connectivity index (χ0v) is 17.3. The van der Waals surface area contributed by atoms with Crippen molar-refractivity contribution in [2.45, 2.75) is 10.9 Å². The highest BCUT2D eigenvalue weighted by molar-refractivity contribution is 7.98. The Kier molecular flexibility index (Phi) is 5.77. The van der Waals surface area contributed by atoms with Crippen molar-refractivity contribution in [1.82, 2.24) is 20.2 Å². The first-order valence-corrected chi connectivity index (χ1v) is 10.5. The van der Waals surface area contributed by atoms with Gasteiger partial charge >= 0.3 is 0 Å². The highest BCUT2D eigenvalue weighted by Gasteiger charge is 2.15. The summed E-state index contributed by atoms with van der Waals surface area (Å²) in [5, 5.41) is 10.3. The van der Waals surface area contributed by atoms with E-state index in [1.165, 1.54) is 29.2 Å². The van der Waals surface area contributed by atoms with Gasteiger partial charge in [0.2, 0.25) is 5.16 Å². The number of aromatic nitrogens is 4. The van der Waals surface area contributed by atoms with E-state index in [-0.39, 0.29) is 5.82 Å². The second-order valence-electron chi connectivity index (χ2n) is 5.92. The van der Waals surface area contributed by atoms with E-state index in [9.17, 15) is 4.39 Å². The summed E-state index contributed by atoms with van der Waals surface area (Å²) in [6.07, 6.45) is 0. The summed E-state index contributed by atoms with van der Waals surface area (Å²) >= 11 is 2.97. The van der Waals surface area contributed by atoms with Crippen LogP contribution in [-0.2, 0) is 5.75 Å². The molecule has 6 nitrogen and oxygen atoms in total. The number of benzene rings is 2. The Bertz CT molecular complexity index is 1130. The van der Waals surface area contributed by atoms with Gasteiger partial charge in [0.1, 0.15) is 10.8 Å². The van der Waals surface area contributed by atoms with E-state index in [4.69, 9.17) is 14.5 Å². The molecule has 2 aromatic carbocycles. The highest BCUT2D eigenvalue weighted by Crippen LogP contribution is 2.39. The minimum Gasteiger partial charge on any atom is -0.493 e. The number of aromatic amines is 1. The number of nitrogens with one attached hydrogen (secondary N) is 1. The molecule has 0 aliphatic heterocycles. The van der Waals surface area contributed by atoms with Gasteiger partial charge in [0.25, 0.3) is 0 Å². The molecule has 0 spiro atoms. The molecule has 0 aliphatic carbocycles. The number of rotatable bonds is 7. The van der Waals surface area contributed by atoms with Crippen molar-refractivity contribution in [3.05, 3.63) is 59.4 Å². The molecule has 148 valence electrons. The lowest BCUT2D eigenvalue weighted by molar-refractivity contribution is 0.356. The van der Waals surface area contributed by atoms with Gasteiger partial charge in [-0.15, -0.1) is 16.4 Å². The first-order valence-electron chi connectivity index (χ1n) is 8.65. The average molecular weight is 429 g/mol. The molecule has 1 N–H and O–H groups in total. The third-order valence-corrected chi connectivity index (χ3v) is 5.93. The second-order valence-corrected chi connectivity index (χ2v) is 7.72. The summed E-state index contributed by atoms with van der Waals surface area (Å²) in [6, 6.07) is 12.2. The van der Waals surface area contributed by atoms with Gasteiger partial charge in [-0.25, -0.2) is 14.4 Å². The number of thiazole rings is 1. The van der Waals surface area contributed by atoms with Crippen LogP contribution in [0.3, 0.4) is 0 Å². The van der Waals surface area contributed by atoms with Crippen molar-refractivity contribution in [3.63, 3.8) is 0 Å². The van der Waals surface area contributed by atoms with Crippen LogP contribution in [0.25, 0.3) is 22.0 Å². The van der Waals surface area contributed by atoms with Crippen LogP contribution >= 0.6 is 23.1 Å². The smallest absolute Gasteiger partial charge is 0.209 e. The van der Waals surface area contributed by atoms with Gasteiger partial charge < -0.3 is 9.47 Å². The number of H-pyrrole nitrogens is 1. The van der Waals surface area contributed by atoms with Crippen LogP contribution in [-0.4, -0.2) is 34.4 Å². The summed E-state index contributed by atoms with van der Waals surface area (Å²) in [6.45, 7) is 0. The van der Waals surface area contributed by atoms with Crippen molar-refractivity contribution in [2.75, 3.05) is 14.2 Å². The van der Waals surface area contributed by atoms with E-state index in [1.807, 2.05) is 23.6 Å². The number of halogens is 1. The number of hydrogen-bond acceptors (Lipinski definition) is 7. The van der Waals surface area contributed by atoms with Crippen LogP contribution in [0.15, 0.2) is 53.0 Å². The maximum absolute atomic E-state index is 13.9. The molecule has 2 aromatic heterocycles. The third-order valence-electron chi connectivity index (χ3n) is 4.13. The summed E-state index contributed by atoms with van der Waals surface area (Å²) < 4.78 is 24.7. The number of para-hydroxylation sites is 1. The first kappa shape index (κ1) is 19.4. The topological polar surface area (TPSA) is 72.9 Å². The van der Waals surface area contributed by atoms with E-state index >= 15 is 0 Å². The molecule has 2 heterocycles. The predicted molar refractivity (Wildman–Crippen MR) is 112 cm³/mol. The van der Waals surface area contributed by atoms with E-state index in [2.05, 4.69) is 15.2 Å². The Morgan fingerprint density at radius 1 is 1.03 bits per heavy atom. The van der Waals surface area contributed by atoms with Crippen LogP contribution in [0, 0.1) is 5.82 Å². The van der Waals surface area contributed by atoms with Crippen LogP contribution in [0.4, 0.5) is 4.39 Å². The third kappa shape index (κ3) is 4.10. The standard InChI is InChI=1S/C20H17FN4O2S2/c1-26-16-9-5-7-14(17(16)27-2)19-22-12(10-28-19)11-29-20-23-18(24-25-20)13-6-3-4-8-15(13)21/h3-10H,11H2,1-2H3,(H,23,24,25). The maximum Gasteiger partial charge on any atom is 0.209 e. The quantitative estimate of drug-likeness (QED) is 0.416. The molecule has 0 bridgehead atoms. The molecular weight excluding hydrogens is 411 g/mol. The zero-order valence-electron chi connectivity index (χ0n) is 15.7. The molecule has 4 aromatic rings. The van der Waals surface area contributed by atoms with Crippen molar-refractivity contribution in [2.24, 2.45) is 0 Å². The fourth-order valence-corrected chi connectivity index (χ4v) is 4.41. The molecule has 0 unspecified atom stereocenters. The van der Waals surface area contributed by atoms with Crippen molar-refractivity contribution in [1.29, 1.82) is 0 Å². The molecule has 29 heavy (non-hydrogen) atoms. The molecular formula is C20H17FN4O2S2. The van der Waals surface area contributed by atoms with Crippen LogP contribution < -0.4 is 9.47 Å². The first-order chi connectivity index (χ1) is 14.2. The van der Waals surface area contributed by atoms with Crippen molar-refractivity contribution in [3.8, 4) is 33.5 Å². The molecule has 0 aliphatic rings. The Hall–Kier alpha value is -2.91. The van der Waals surface area contributed by atoms with Gasteiger partial charge in [0.05, 0.1) is 31.0 Å². The minimum absolute atomic E-state index is 0.337. The fraction of sp³-hybridized carbons (Fsp3) is 0.150. The number of hydrogen-bond donors (Lipinski definition) is 1. The van der Waals surface area contributed by atoms with E-state index in [1.54, 1.807) is 32.4 Å². The molecule has 4 rings (SSSR count). The number of ether oxygens (including phenoxy) is 2. The average Bonchev–Trinajstić information content (AvgIpc) is 3.41. The summed E-state index contributed by atoms with van der Waals surface area (Å²) in [5.74, 6) is 1.99. The Balaban J connectivity index is 1.48. The van der Waals surface area contributed by atoms with E-state index in [0.717, 1.165) is 16.3 Å². The van der Waals surface area contributed by atoms with Gasteiger partial charge in [0.15, 0.2) is 17.3 Å².